The zero-order chi connectivity index (χ0) is 14.4. The monoisotopic (exact) mass is 335 g/mol. The normalized spacial score (nSPS) is 12.6. The van der Waals surface area contributed by atoms with Crippen molar-refractivity contribution in [3.05, 3.63) is 40.9 Å². The Morgan fingerprint density at radius 2 is 2.00 bits per heavy atom. The first-order chi connectivity index (χ1) is 9.72. The SMILES string of the molecule is CCCC(C)NCCOc1ccc2ccccc2c1Br. The molecule has 0 fully saturated rings. The van der Waals surface area contributed by atoms with E-state index in [4.69, 9.17) is 4.74 Å². The quantitative estimate of drug-likeness (QED) is 0.736. The lowest BCUT2D eigenvalue weighted by molar-refractivity contribution is 0.303. The summed E-state index contributed by atoms with van der Waals surface area (Å²) in [5.41, 5.74) is 0. The minimum Gasteiger partial charge on any atom is -0.491 e. The van der Waals surface area contributed by atoms with Gasteiger partial charge >= 0.3 is 0 Å². The topological polar surface area (TPSA) is 21.3 Å². The summed E-state index contributed by atoms with van der Waals surface area (Å²) in [7, 11) is 0. The first-order valence-electron chi connectivity index (χ1n) is 7.25. The van der Waals surface area contributed by atoms with Crippen LogP contribution in [0.4, 0.5) is 0 Å². The molecule has 0 saturated heterocycles. The van der Waals surface area contributed by atoms with E-state index in [-0.39, 0.29) is 0 Å². The van der Waals surface area contributed by atoms with Gasteiger partial charge in [-0.15, -0.1) is 0 Å². The fourth-order valence-electron chi connectivity index (χ4n) is 2.33. The molecule has 2 nitrogen and oxygen atoms in total. The van der Waals surface area contributed by atoms with Crippen molar-refractivity contribution in [2.45, 2.75) is 32.7 Å². The van der Waals surface area contributed by atoms with Crippen molar-refractivity contribution in [3.8, 4) is 5.75 Å². The second kappa shape index (κ2) is 7.65. The van der Waals surface area contributed by atoms with Crippen LogP contribution in [-0.2, 0) is 0 Å². The van der Waals surface area contributed by atoms with Crippen molar-refractivity contribution >= 4 is 26.7 Å². The van der Waals surface area contributed by atoms with Crippen molar-refractivity contribution in [1.29, 1.82) is 0 Å². The lowest BCUT2D eigenvalue weighted by Crippen LogP contribution is -2.30. The van der Waals surface area contributed by atoms with Crippen LogP contribution < -0.4 is 10.1 Å². The van der Waals surface area contributed by atoms with Crippen LogP contribution in [0.3, 0.4) is 0 Å². The van der Waals surface area contributed by atoms with Crippen LogP contribution in [0, 0.1) is 0 Å². The number of benzene rings is 2. The van der Waals surface area contributed by atoms with E-state index in [1.54, 1.807) is 0 Å². The van der Waals surface area contributed by atoms with E-state index in [9.17, 15) is 0 Å². The lowest BCUT2D eigenvalue weighted by Gasteiger charge is -2.14. The summed E-state index contributed by atoms with van der Waals surface area (Å²) < 4.78 is 6.90. The Balaban J connectivity index is 1.92. The fourth-order valence-corrected chi connectivity index (χ4v) is 2.93. The maximum absolute atomic E-state index is 5.86. The maximum atomic E-state index is 5.86. The third kappa shape index (κ3) is 3.97. The largest absolute Gasteiger partial charge is 0.491 e. The van der Waals surface area contributed by atoms with E-state index in [0.717, 1.165) is 16.8 Å². The van der Waals surface area contributed by atoms with Gasteiger partial charge in [0.05, 0.1) is 4.47 Å². The number of hydrogen-bond donors (Lipinski definition) is 1. The fraction of sp³-hybridized carbons (Fsp3) is 0.412. The number of fused-ring (bicyclic) bond motifs is 1. The predicted octanol–water partition coefficient (Wildman–Crippen LogP) is 4.76. The molecule has 0 aliphatic carbocycles. The minimum absolute atomic E-state index is 0.559. The molecule has 2 rings (SSSR count). The van der Waals surface area contributed by atoms with Gasteiger partial charge in [0.1, 0.15) is 12.4 Å². The Morgan fingerprint density at radius 3 is 2.80 bits per heavy atom. The molecule has 108 valence electrons. The number of rotatable bonds is 7. The van der Waals surface area contributed by atoms with Gasteiger partial charge in [-0.3, -0.25) is 0 Å². The first kappa shape index (κ1) is 15.3. The average molecular weight is 336 g/mol. The van der Waals surface area contributed by atoms with E-state index in [2.05, 4.69) is 53.3 Å². The standard InChI is InChI=1S/C17H22BrNO/c1-3-6-13(2)19-11-12-20-16-10-9-14-7-4-5-8-15(14)17(16)18/h4-5,7-10,13,19H,3,6,11-12H2,1-2H3. The molecule has 20 heavy (non-hydrogen) atoms. The molecule has 0 bridgehead atoms. The molecular weight excluding hydrogens is 314 g/mol. The highest BCUT2D eigenvalue weighted by atomic mass is 79.9. The zero-order valence-electron chi connectivity index (χ0n) is 12.2. The molecule has 2 aromatic rings. The van der Waals surface area contributed by atoms with Crippen LogP contribution >= 0.6 is 15.9 Å². The molecule has 2 aromatic carbocycles. The highest BCUT2D eigenvalue weighted by molar-refractivity contribution is 9.10. The Hall–Kier alpha value is -1.06. The van der Waals surface area contributed by atoms with Crippen molar-refractivity contribution < 1.29 is 4.74 Å². The maximum Gasteiger partial charge on any atom is 0.134 e. The second-order valence-corrected chi connectivity index (χ2v) is 5.88. The summed E-state index contributed by atoms with van der Waals surface area (Å²) in [5.74, 6) is 0.911. The summed E-state index contributed by atoms with van der Waals surface area (Å²) in [6.45, 7) is 5.99. The van der Waals surface area contributed by atoms with Gasteiger partial charge < -0.3 is 10.1 Å². The number of ether oxygens (including phenoxy) is 1. The molecule has 1 unspecified atom stereocenters. The molecule has 1 atom stereocenters. The predicted molar refractivity (Wildman–Crippen MR) is 89.5 cm³/mol. The van der Waals surface area contributed by atoms with Gasteiger partial charge in [0, 0.05) is 12.6 Å². The summed E-state index contributed by atoms with van der Waals surface area (Å²) in [5, 5.41) is 5.89. The van der Waals surface area contributed by atoms with Gasteiger partial charge in [-0.2, -0.15) is 0 Å². The summed E-state index contributed by atoms with van der Waals surface area (Å²) in [6.07, 6.45) is 2.42. The van der Waals surface area contributed by atoms with Crippen LogP contribution in [0.1, 0.15) is 26.7 Å². The Bertz CT molecular complexity index is 556. The smallest absolute Gasteiger partial charge is 0.134 e. The van der Waals surface area contributed by atoms with Crippen LogP contribution in [-0.4, -0.2) is 19.2 Å². The van der Waals surface area contributed by atoms with Crippen LogP contribution in [0.5, 0.6) is 5.75 Å². The van der Waals surface area contributed by atoms with Gasteiger partial charge in [-0.1, -0.05) is 43.7 Å². The van der Waals surface area contributed by atoms with E-state index >= 15 is 0 Å². The van der Waals surface area contributed by atoms with Crippen LogP contribution in [0.25, 0.3) is 10.8 Å². The van der Waals surface area contributed by atoms with Crippen LogP contribution in [0.2, 0.25) is 0 Å². The van der Waals surface area contributed by atoms with Crippen molar-refractivity contribution in [2.24, 2.45) is 0 Å². The molecule has 0 saturated carbocycles. The van der Waals surface area contributed by atoms with Gasteiger partial charge in [0.25, 0.3) is 0 Å². The average Bonchev–Trinajstić information content (AvgIpc) is 2.46. The number of hydrogen-bond acceptors (Lipinski definition) is 2. The van der Waals surface area contributed by atoms with E-state index < -0.39 is 0 Å². The molecule has 0 amide bonds. The molecule has 0 spiro atoms. The molecule has 1 N–H and O–H groups in total. The van der Waals surface area contributed by atoms with Gasteiger partial charge in [0.2, 0.25) is 0 Å². The van der Waals surface area contributed by atoms with Gasteiger partial charge in [-0.05, 0) is 46.1 Å². The third-order valence-electron chi connectivity index (χ3n) is 3.40. The Kier molecular flexibility index (Phi) is 5.86. The Labute approximate surface area is 129 Å². The summed E-state index contributed by atoms with van der Waals surface area (Å²) >= 11 is 3.64. The second-order valence-electron chi connectivity index (χ2n) is 5.09. The molecule has 3 heteroatoms. The number of nitrogens with one attached hydrogen (secondary N) is 1. The highest BCUT2D eigenvalue weighted by Crippen LogP contribution is 2.32. The molecule has 0 heterocycles. The highest BCUT2D eigenvalue weighted by Gasteiger charge is 2.06. The third-order valence-corrected chi connectivity index (χ3v) is 4.22. The minimum atomic E-state index is 0.559. The van der Waals surface area contributed by atoms with Crippen molar-refractivity contribution in [2.75, 3.05) is 13.2 Å². The van der Waals surface area contributed by atoms with Gasteiger partial charge in [-0.25, -0.2) is 0 Å². The molecule has 0 aliphatic heterocycles. The first-order valence-corrected chi connectivity index (χ1v) is 8.05. The zero-order valence-corrected chi connectivity index (χ0v) is 13.7. The lowest BCUT2D eigenvalue weighted by atomic mass is 10.1. The number of halogens is 1. The van der Waals surface area contributed by atoms with E-state index in [1.165, 1.54) is 23.6 Å². The molecule has 0 radical (unpaired) electrons. The van der Waals surface area contributed by atoms with Crippen molar-refractivity contribution in [1.82, 2.24) is 5.32 Å². The van der Waals surface area contributed by atoms with Crippen LogP contribution in [0.15, 0.2) is 40.9 Å². The Morgan fingerprint density at radius 1 is 1.20 bits per heavy atom. The molecule has 0 aromatic heterocycles. The summed E-state index contributed by atoms with van der Waals surface area (Å²) in [4.78, 5) is 0. The summed E-state index contributed by atoms with van der Waals surface area (Å²) in [6, 6.07) is 13.0. The molecule has 0 aliphatic rings. The van der Waals surface area contributed by atoms with Gasteiger partial charge in [0.15, 0.2) is 0 Å². The molecular formula is C17H22BrNO. The van der Waals surface area contributed by atoms with E-state index in [1.807, 2.05) is 18.2 Å². The van der Waals surface area contributed by atoms with Crippen molar-refractivity contribution in [3.63, 3.8) is 0 Å². The van der Waals surface area contributed by atoms with E-state index in [0.29, 0.717) is 12.6 Å².